The number of rotatable bonds is 9. The predicted octanol–water partition coefficient (Wildman–Crippen LogP) is 2.90. The smallest absolute Gasteiger partial charge is 0.312 e. The third kappa shape index (κ3) is 10.3. The zero-order valence-corrected chi connectivity index (χ0v) is 15.8. The van der Waals surface area contributed by atoms with Crippen LogP contribution in [0.25, 0.3) is 0 Å². The van der Waals surface area contributed by atoms with Gasteiger partial charge in [0, 0.05) is 6.54 Å². The van der Waals surface area contributed by atoms with Crippen LogP contribution in [0.4, 0.5) is 0 Å². The molecule has 0 saturated heterocycles. The summed E-state index contributed by atoms with van der Waals surface area (Å²) >= 11 is 0. The maximum absolute atomic E-state index is 12.3. The molecule has 5 heteroatoms. The average molecular weight is 329 g/mol. The average Bonchev–Trinajstić information content (AvgIpc) is 2.39. The van der Waals surface area contributed by atoms with Gasteiger partial charge in [0.2, 0.25) is 5.91 Å². The first kappa shape index (κ1) is 21.9. The summed E-state index contributed by atoms with van der Waals surface area (Å²) in [6.45, 7) is 14.0. The molecule has 0 saturated carbocycles. The largest absolute Gasteiger partial charge is 0.460 e. The van der Waals surface area contributed by atoms with Crippen molar-refractivity contribution in [1.29, 1.82) is 0 Å². The SMILES string of the molecule is CC[C@H](C)CNC(=O)C[C@H](O)[C@H](CC(C)C)C(=O)OC(C)(C)C. The Morgan fingerprint density at radius 3 is 2.17 bits per heavy atom. The van der Waals surface area contributed by atoms with E-state index in [1.807, 2.05) is 13.8 Å². The summed E-state index contributed by atoms with van der Waals surface area (Å²) in [6, 6.07) is 0. The van der Waals surface area contributed by atoms with E-state index < -0.39 is 23.6 Å². The molecular formula is C18H35NO4. The molecule has 0 bridgehead atoms. The Hall–Kier alpha value is -1.10. The van der Waals surface area contributed by atoms with Gasteiger partial charge in [-0.2, -0.15) is 0 Å². The molecule has 0 heterocycles. The molecule has 2 N–H and O–H groups in total. The maximum Gasteiger partial charge on any atom is 0.312 e. The number of carbonyl (C=O) groups excluding carboxylic acids is 2. The Bertz CT molecular complexity index is 374. The van der Waals surface area contributed by atoms with Gasteiger partial charge in [-0.05, 0) is 39.0 Å². The van der Waals surface area contributed by atoms with Crippen LogP contribution in [0.5, 0.6) is 0 Å². The van der Waals surface area contributed by atoms with Gasteiger partial charge in [0.1, 0.15) is 5.60 Å². The Balaban J connectivity index is 4.71. The lowest BCUT2D eigenvalue weighted by Crippen LogP contribution is -2.39. The van der Waals surface area contributed by atoms with Crippen LogP contribution in [0.15, 0.2) is 0 Å². The minimum absolute atomic E-state index is 0.0763. The number of amides is 1. The summed E-state index contributed by atoms with van der Waals surface area (Å²) in [6.07, 6.45) is 0.377. The Labute approximate surface area is 141 Å². The van der Waals surface area contributed by atoms with Crippen LogP contribution in [0.3, 0.4) is 0 Å². The normalized spacial score (nSPS) is 15.9. The molecule has 136 valence electrons. The molecule has 0 unspecified atom stereocenters. The van der Waals surface area contributed by atoms with Gasteiger partial charge in [-0.25, -0.2) is 0 Å². The van der Waals surface area contributed by atoms with Crippen LogP contribution in [-0.2, 0) is 14.3 Å². The third-order valence-electron chi connectivity index (χ3n) is 3.64. The van der Waals surface area contributed by atoms with Gasteiger partial charge in [0.15, 0.2) is 0 Å². The number of nitrogens with one attached hydrogen (secondary N) is 1. The molecule has 0 aliphatic heterocycles. The number of carbonyl (C=O) groups is 2. The van der Waals surface area contributed by atoms with Crippen molar-refractivity contribution in [1.82, 2.24) is 5.32 Å². The number of ether oxygens (including phenoxy) is 1. The molecule has 0 aliphatic carbocycles. The molecule has 3 atom stereocenters. The Kier molecular flexibility index (Phi) is 9.44. The second-order valence-corrected chi connectivity index (χ2v) is 7.86. The van der Waals surface area contributed by atoms with E-state index in [1.54, 1.807) is 20.8 Å². The first-order chi connectivity index (χ1) is 10.5. The number of esters is 1. The molecule has 0 fully saturated rings. The number of aliphatic hydroxyl groups is 1. The van der Waals surface area contributed by atoms with Crippen molar-refractivity contribution >= 4 is 11.9 Å². The summed E-state index contributed by atoms with van der Waals surface area (Å²) < 4.78 is 5.39. The summed E-state index contributed by atoms with van der Waals surface area (Å²) in [5.41, 5.74) is -0.606. The van der Waals surface area contributed by atoms with E-state index in [0.29, 0.717) is 18.9 Å². The van der Waals surface area contributed by atoms with Gasteiger partial charge in [-0.3, -0.25) is 9.59 Å². The molecule has 1 amide bonds. The molecule has 0 rings (SSSR count). The van der Waals surface area contributed by atoms with Crippen LogP contribution < -0.4 is 5.32 Å². The van der Waals surface area contributed by atoms with E-state index in [1.165, 1.54) is 0 Å². The lowest BCUT2D eigenvalue weighted by Gasteiger charge is -2.27. The fraction of sp³-hybridized carbons (Fsp3) is 0.889. The zero-order chi connectivity index (χ0) is 18.2. The third-order valence-corrected chi connectivity index (χ3v) is 3.64. The van der Waals surface area contributed by atoms with Gasteiger partial charge < -0.3 is 15.2 Å². The molecule has 23 heavy (non-hydrogen) atoms. The molecule has 0 radical (unpaired) electrons. The molecule has 0 aliphatic rings. The van der Waals surface area contributed by atoms with Crippen molar-refractivity contribution in [2.45, 2.75) is 79.4 Å². The van der Waals surface area contributed by atoms with Crippen LogP contribution in [0, 0.1) is 17.8 Å². The minimum Gasteiger partial charge on any atom is -0.460 e. The lowest BCUT2D eigenvalue weighted by atomic mass is 9.90. The standard InChI is InChI=1S/C18H35NO4/c1-8-13(4)11-19-16(21)10-15(20)14(9-12(2)3)17(22)23-18(5,6)7/h12-15,20H,8-11H2,1-7H3,(H,19,21)/t13-,14-,15-/m0/s1. The highest BCUT2D eigenvalue weighted by Gasteiger charge is 2.32. The fourth-order valence-corrected chi connectivity index (χ4v) is 2.13. The van der Waals surface area contributed by atoms with Crippen LogP contribution >= 0.6 is 0 Å². The highest BCUT2D eigenvalue weighted by atomic mass is 16.6. The number of hydrogen-bond acceptors (Lipinski definition) is 4. The first-order valence-corrected chi connectivity index (χ1v) is 8.63. The maximum atomic E-state index is 12.3. The van der Waals surface area contributed by atoms with E-state index in [4.69, 9.17) is 4.74 Å². The predicted molar refractivity (Wildman–Crippen MR) is 91.9 cm³/mol. The highest BCUT2D eigenvalue weighted by molar-refractivity contribution is 5.79. The quantitative estimate of drug-likeness (QED) is 0.638. The van der Waals surface area contributed by atoms with E-state index in [9.17, 15) is 14.7 Å². The van der Waals surface area contributed by atoms with E-state index in [-0.39, 0.29) is 18.2 Å². The summed E-state index contributed by atoms with van der Waals surface area (Å²) in [5.74, 6) is -0.717. The highest BCUT2D eigenvalue weighted by Crippen LogP contribution is 2.22. The van der Waals surface area contributed by atoms with E-state index in [2.05, 4.69) is 19.2 Å². The van der Waals surface area contributed by atoms with Gasteiger partial charge >= 0.3 is 5.97 Å². The number of aliphatic hydroxyl groups excluding tert-OH is 1. The first-order valence-electron chi connectivity index (χ1n) is 8.63. The topological polar surface area (TPSA) is 75.6 Å². The Morgan fingerprint density at radius 2 is 1.74 bits per heavy atom. The second-order valence-electron chi connectivity index (χ2n) is 7.86. The van der Waals surface area contributed by atoms with Crippen molar-refractivity contribution in [3.8, 4) is 0 Å². The van der Waals surface area contributed by atoms with Crippen molar-refractivity contribution in [2.24, 2.45) is 17.8 Å². The molecule has 5 nitrogen and oxygen atoms in total. The van der Waals surface area contributed by atoms with E-state index >= 15 is 0 Å². The van der Waals surface area contributed by atoms with Crippen LogP contribution in [-0.4, -0.2) is 35.2 Å². The van der Waals surface area contributed by atoms with Crippen LogP contribution in [0.1, 0.15) is 67.7 Å². The zero-order valence-electron chi connectivity index (χ0n) is 15.8. The van der Waals surface area contributed by atoms with Gasteiger partial charge in [-0.15, -0.1) is 0 Å². The summed E-state index contributed by atoms with van der Waals surface area (Å²) in [7, 11) is 0. The van der Waals surface area contributed by atoms with Crippen molar-refractivity contribution in [2.75, 3.05) is 6.54 Å². The monoisotopic (exact) mass is 329 g/mol. The van der Waals surface area contributed by atoms with Gasteiger partial charge in [0.25, 0.3) is 0 Å². The second kappa shape index (κ2) is 9.91. The Morgan fingerprint density at radius 1 is 1.17 bits per heavy atom. The van der Waals surface area contributed by atoms with Gasteiger partial charge in [0.05, 0.1) is 18.4 Å². The summed E-state index contributed by atoms with van der Waals surface area (Å²) in [4.78, 5) is 24.3. The van der Waals surface area contributed by atoms with Gasteiger partial charge in [-0.1, -0.05) is 34.1 Å². The van der Waals surface area contributed by atoms with Crippen molar-refractivity contribution in [3.05, 3.63) is 0 Å². The molecule has 0 aromatic heterocycles. The number of hydrogen-bond donors (Lipinski definition) is 2. The summed E-state index contributed by atoms with van der Waals surface area (Å²) in [5, 5.41) is 13.2. The molecule has 0 spiro atoms. The van der Waals surface area contributed by atoms with Crippen LogP contribution in [0.2, 0.25) is 0 Å². The lowest BCUT2D eigenvalue weighted by molar-refractivity contribution is -0.165. The van der Waals surface area contributed by atoms with Crippen molar-refractivity contribution in [3.63, 3.8) is 0 Å². The molecule has 0 aromatic carbocycles. The minimum atomic E-state index is -1.02. The van der Waals surface area contributed by atoms with Crippen molar-refractivity contribution < 1.29 is 19.4 Å². The van der Waals surface area contributed by atoms with E-state index in [0.717, 1.165) is 6.42 Å². The molecule has 0 aromatic rings. The molecular weight excluding hydrogens is 294 g/mol. The fourth-order valence-electron chi connectivity index (χ4n) is 2.13.